The number of likely N-dealkylation sites (tertiary alicyclic amines) is 1. The van der Waals surface area contributed by atoms with Gasteiger partial charge in [-0.05, 0) is 58.4 Å². The average Bonchev–Trinajstić information content (AvgIpc) is 3.15. The van der Waals surface area contributed by atoms with E-state index >= 15 is 0 Å². The van der Waals surface area contributed by atoms with Gasteiger partial charge in [0.25, 0.3) is 0 Å². The lowest BCUT2D eigenvalue weighted by Crippen LogP contribution is -2.42. The molecule has 2 heterocycles. The summed E-state index contributed by atoms with van der Waals surface area (Å²) >= 11 is 0. The first-order valence-corrected chi connectivity index (χ1v) is 9.08. The van der Waals surface area contributed by atoms with Crippen LogP contribution in [0.3, 0.4) is 0 Å². The molecule has 3 atom stereocenters. The Bertz CT molecular complexity index is 578. The van der Waals surface area contributed by atoms with E-state index in [0.717, 1.165) is 32.6 Å². The van der Waals surface area contributed by atoms with Crippen LogP contribution in [0, 0.1) is 11.8 Å². The van der Waals surface area contributed by atoms with Crippen molar-refractivity contribution in [2.45, 2.75) is 65.3 Å². The fraction of sp³-hybridized carbons (Fsp3) is 0.778. The maximum Gasteiger partial charge on any atom is 0.407 e. The molecule has 6 nitrogen and oxygen atoms in total. The number of aryl methyl sites for hydroxylation is 1. The van der Waals surface area contributed by atoms with Gasteiger partial charge in [0.2, 0.25) is 0 Å². The fourth-order valence-corrected chi connectivity index (χ4v) is 4.13. The minimum atomic E-state index is -0.442. The summed E-state index contributed by atoms with van der Waals surface area (Å²) < 4.78 is 7.48. The first kappa shape index (κ1) is 17.3. The lowest BCUT2D eigenvalue weighted by atomic mass is 9.98. The van der Waals surface area contributed by atoms with Crippen LogP contribution in [0.15, 0.2) is 12.3 Å². The Labute approximate surface area is 144 Å². The quantitative estimate of drug-likeness (QED) is 0.919. The van der Waals surface area contributed by atoms with Crippen molar-refractivity contribution in [1.29, 1.82) is 0 Å². The van der Waals surface area contributed by atoms with E-state index in [1.165, 1.54) is 12.1 Å². The van der Waals surface area contributed by atoms with E-state index in [4.69, 9.17) is 4.74 Å². The van der Waals surface area contributed by atoms with Crippen molar-refractivity contribution < 1.29 is 9.53 Å². The molecule has 0 aromatic carbocycles. The van der Waals surface area contributed by atoms with Crippen molar-refractivity contribution in [2.75, 3.05) is 13.1 Å². The van der Waals surface area contributed by atoms with E-state index in [1.807, 2.05) is 27.0 Å². The number of alkyl carbamates (subject to hydrolysis) is 1. The number of hydrogen-bond donors (Lipinski definition) is 1. The summed E-state index contributed by atoms with van der Waals surface area (Å²) in [6, 6.07) is 2.35. The predicted molar refractivity (Wildman–Crippen MR) is 92.5 cm³/mol. The molecule has 1 saturated heterocycles. The highest BCUT2D eigenvalue weighted by atomic mass is 16.6. The predicted octanol–water partition coefficient (Wildman–Crippen LogP) is 2.64. The molecule has 1 aromatic rings. The third kappa shape index (κ3) is 3.91. The van der Waals surface area contributed by atoms with E-state index < -0.39 is 5.60 Å². The van der Waals surface area contributed by atoms with Crippen molar-refractivity contribution in [1.82, 2.24) is 20.0 Å². The van der Waals surface area contributed by atoms with Gasteiger partial charge in [-0.3, -0.25) is 9.58 Å². The molecule has 0 bridgehead atoms. The molecule has 6 heteroatoms. The molecule has 3 rings (SSSR count). The highest BCUT2D eigenvalue weighted by Crippen LogP contribution is 2.38. The largest absolute Gasteiger partial charge is 0.444 e. The first-order chi connectivity index (χ1) is 11.4. The third-order valence-electron chi connectivity index (χ3n) is 5.12. The summed E-state index contributed by atoms with van der Waals surface area (Å²) in [6.07, 6.45) is 3.85. The standard InChI is InChI=1S/C18H30N4O2/c1-5-22-14(8-9-19-22)11-21-10-13-6-7-16(15(13)12-21)20-17(23)24-18(2,3)4/h8-9,13,15-16H,5-7,10-12H2,1-4H3,(H,20,23)/t13-,15+,16-/m0/s1. The van der Waals surface area contributed by atoms with Gasteiger partial charge in [-0.15, -0.1) is 0 Å². The average molecular weight is 334 g/mol. The Kier molecular flexibility index (Phi) is 4.85. The number of aromatic nitrogens is 2. The molecule has 24 heavy (non-hydrogen) atoms. The third-order valence-corrected chi connectivity index (χ3v) is 5.12. The molecule has 2 fully saturated rings. The van der Waals surface area contributed by atoms with Crippen LogP contribution in [-0.2, 0) is 17.8 Å². The van der Waals surface area contributed by atoms with Crippen molar-refractivity contribution >= 4 is 6.09 Å². The minimum absolute atomic E-state index is 0.242. The SMILES string of the molecule is CCn1nccc1CN1C[C@@H]2CC[C@H](NC(=O)OC(C)(C)C)[C@@H]2C1. The molecule has 1 amide bonds. The molecule has 1 N–H and O–H groups in total. The lowest BCUT2D eigenvalue weighted by Gasteiger charge is -2.25. The summed E-state index contributed by atoms with van der Waals surface area (Å²) in [4.78, 5) is 14.6. The number of fused-ring (bicyclic) bond motifs is 1. The van der Waals surface area contributed by atoms with Gasteiger partial charge in [-0.25, -0.2) is 4.79 Å². The number of amides is 1. The molecule has 1 aliphatic heterocycles. The highest BCUT2D eigenvalue weighted by molar-refractivity contribution is 5.68. The Hall–Kier alpha value is -1.56. The number of carbonyl (C=O) groups excluding carboxylic acids is 1. The number of hydrogen-bond acceptors (Lipinski definition) is 4. The van der Waals surface area contributed by atoms with Crippen LogP contribution in [-0.4, -0.2) is 45.5 Å². The lowest BCUT2D eigenvalue weighted by molar-refractivity contribution is 0.0491. The second-order valence-electron chi connectivity index (χ2n) is 8.09. The van der Waals surface area contributed by atoms with Crippen molar-refractivity contribution in [3.63, 3.8) is 0 Å². The molecular weight excluding hydrogens is 304 g/mol. The number of nitrogens with one attached hydrogen (secondary N) is 1. The van der Waals surface area contributed by atoms with Crippen LogP contribution in [0.2, 0.25) is 0 Å². The van der Waals surface area contributed by atoms with Gasteiger partial charge < -0.3 is 10.1 Å². The van der Waals surface area contributed by atoms with Gasteiger partial charge in [-0.1, -0.05) is 0 Å². The fourth-order valence-electron chi connectivity index (χ4n) is 4.13. The molecule has 0 radical (unpaired) electrons. The zero-order chi connectivity index (χ0) is 17.3. The van der Waals surface area contributed by atoms with Crippen LogP contribution in [0.5, 0.6) is 0 Å². The molecule has 1 saturated carbocycles. The summed E-state index contributed by atoms with van der Waals surface area (Å²) in [5.74, 6) is 1.22. The second kappa shape index (κ2) is 6.75. The molecule has 0 unspecified atom stereocenters. The Morgan fingerprint density at radius 1 is 1.38 bits per heavy atom. The van der Waals surface area contributed by atoms with Gasteiger partial charge in [-0.2, -0.15) is 5.10 Å². The number of ether oxygens (including phenoxy) is 1. The van der Waals surface area contributed by atoms with Crippen LogP contribution >= 0.6 is 0 Å². The van der Waals surface area contributed by atoms with E-state index in [9.17, 15) is 4.79 Å². The van der Waals surface area contributed by atoms with Crippen LogP contribution in [0.1, 0.15) is 46.2 Å². The van der Waals surface area contributed by atoms with E-state index in [2.05, 4.69) is 33.0 Å². The summed E-state index contributed by atoms with van der Waals surface area (Å²) in [5, 5.41) is 7.46. The zero-order valence-electron chi connectivity index (χ0n) is 15.3. The van der Waals surface area contributed by atoms with Crippen molar-refractivity contribution in [2.24, 2.45) is 11.8 Å². The smallest absolute Gasteiger partial charge is 0.407 e. The Balaban J connectivity index is 1.55. The van der Waals surface area contributed by atoms with Crippen molar-refractivity contribution in [3.8, 4) is 0 Å². The van der Waals surface area contributed by atoms with Gasteiger partial charge in [0, 0.05) is 38.4 Å². The van der Waals surface area contributed by atoms with Gasteiger partial charge in [0.05, 0.1) is 5.69 Å². The number of carbonyl (C=O) groups is 1. The van der Waals surface area contributed by atoms with E-state index in [1.54, 1.807) is 0 Å². The Morgan fingerprint density at radius 3 is 2.88 bits per heavy atom. The zero-order valence-corrected chi connectivity index (χ0v) is 15.3. The second-order valence-corrected chi connectivity index (χ2v) is 8.09. The number of nitrogens with zero attached hydrogens (tertiary/aromatic N) is 3. The molecule has 1 aromatic heterocycles. The maximum atomic E-state index is 12.1. The van der Waals surface area contributed by atoms with Crippen molar-refractivity contribution in [3.05, 3.63) is 18.0 Å². The summed E-state index contributed by atoms with van der Waals surface area (Å²) in [5.41, 5.74) is 0.830. The molecule has 134 valence electrons. The summed E-state index contributed by atoms with van der Waals surface area (Å²) in [7, 11) is 0. The molecule has 0 spiro atoms. The van der Waals surface area contributed by atoms with Crippen LogP contribution in [0.25, 0.3) is 0 Å². The van der Waals surface area contributed by atoms with Gasteiger partial charge in [0.1, 0.15) is 5.60 Å². The molecular formula is C18H30N4O2. The highest BCUT2D eigenvalue weighted by Gasteiger charge is 2.43. The Morgan fingerprint density at radius 2 is 2.17 bits per heavy atom. The monoisotopic (exact) mass is 334 g/mol. The van der Waals surface area contributed by atoms with Crippen LogP contribution in [0.4, 0.5) is 4.79 Å². The normalized spacial score (nSPS) is 27.2. The topological polar surface area (TPSA) is 59.4 Å². The van der Waals surface area contributed by atoms with Gasteiger partial charge >= 0.3 is 6.09 Å². The minimum Gasteiger partial charge on any atom is -0.444 e. The van der Waals surface area contributed by atoms with E-state index in [0.29, 0.717) is 11.8 Å². The van der Waals surface area contributed by atoms with Crippen LogP contribution < -0.4 is 5.32 Å². The maximum absolute atomic E-state index is 12.1. The van der Waals surface area contributed by atoms with E-state index in [-0.39, 0.29) is 12.1 Å². The van der Waals surface area contributed by atoms with Gasteiger partial charge in [0.15, 0.2) is 0 Å². The molecule has 2 aliphatic rings. The first-order valence-electron chi connectivity index (χ1n) is 9.08. The summed E-state index contributed by atoms with van der Waals surface area (Å²) in [6.45, 7) is 11.8. The molecule has 1 aliphatic carbocycles. The number of rotatable bonds is 4.